The number of aliphatic hydroxyl groups excluding tert-OH is 1. The zero-order valence-corrected chi connectivity index (χ0v) is 21.1. The summed E-state index contributed by atoms with van der Waals surface area (Å²) in [6.07, 6.45) is 1.90. The first kappa shape index (κ1) is 26.7. The highest BCUT2D eigenvalue weighted by Gasteiger charge is 2.31. The molecule has 2 aromatic rings. The second-order valence-electron chi connectivity index (χ2n) is 8.88. The molecule has 2 heterocycles. The zero-order valence-electron chi connectivity index (χ0n) is 20.2. The molecule has 0 bridgehead atoms. The molecule has 1 N–H and O–H groups in total. The number of nitriles is 1. The molecule has 1 aromatic carbocycles. The van der Waals surface area contributed by atoms with Crippen LogP contribution in [0.1, 0.15) is 37.9 Å². The molecule has 0 spiro atoms. The fraction of sp³-hybridized carbons (Fsp3) is 0.565. The van der Waals surface area contributed by atoms with E-state index < -0.39 is 16.1 Å². The summed E-state index contributed by atoms with van der Waals surface area (Å²) in [5.74, 6) is -0.339. The number of nitrogens with zero attached hydrogens (tertiary/aromatic N) is 6. The van der Waals surface area contributed by atoms with Gasteiger partial charge < -0.3 is 14.7 Å². The molecule has 0 fully saturated rings. The number of hydrogen-bond donors (Lipinski definition) is 1. The van der Waals surface area contributed by atoms with Crippen molar-refractivity contribution in [3.63, 3.8) is 0 Å². The smallest absolute Gasteiger partial charge is 0.242 e. The first-order valence-corrected chi connectivity index (χ1v) is 13.0. The van der Waals surface area contributed by atoms with Crippen molar-refractivity contribution >= 4 is 15.9 Å². The lowest BCUT2D eigenvalue weighted by Crippen LogP contribution is -2.47. The van der Waals surface area contributed by atoms with Gasteiger partial charge >= 0.3 is 0 Å². The number of amides is 1. The van der Waals surface area contributed by atoms with E-state index in [2.05, 4.69) is 10.3 Å². The molecule has 1 amide bonds. The summed E-state index contributed by atoms with van der Waals surface area (Å²) in [7, 11) is -2.42. The summed E-state index contributed by atoms with van der Waals surface area (Å²) in [6.45, 7) is 4.51. The molecule has 0 saturated heterocycles. The molecular formula is C23H32N6O5S. The van der Waals surface area contributed by atoms with Gasteiger partial charge in [-0.1, -0.05) is 18.2 Å². The van der Waals surface area contributed by atoms with E-state index in [-0.39, 0.29) is 48.1 Å². The number of benzene rings is 1. The number of aromatic nitrogens is 3. The fourth-order valence-electron chi connectivity index (χ4n) is 4.00. The molecule has 1 aromatic heterocycles. The Balaban J connectivity index is 1.88. The fourth-order valence-corrected chi connectivity index (χ4v) is 5.23. The highest BCUT2D eigenvalue weighted by molar-refractivity contribution is 7.89. The first-order valence-electron chi connectivity index (χ1n) is 11.5. The van der Waals surface area contributed by atoms with Crippen molar-refractivity contribution in [3.8, 4) is 6.07 Å². The third-order valence-electron chi connectivity index (χ3n) is 6.25. The van der Waals surface area contributed by atoms with E-state index in [4.69, 9.17) is 10.00 Å². The standard InChI is InChI=1S/C23H32N6O5S/c1-17-13-28(18(2)15-30)23(31)8-5-9-29-20(12-25-26-29)16-34-22(17)14-27(3)35(32,33)21-7-4-6-19(10-21)11-24/h4,6-7,10,12,17-18,22,30H,5,8-9,13-16H2,1-3H3/t17-,18+,22-/m1/s1. The Morgan fingerprint density at radius 2 is 2.17 bits per heavy atom. The minimum Gasteiger partial charge on any atom is -0.394 e. The van der Waals surface area contributed by atoms with E-state index in [1.165, 1.54) is 29.6 Å². The van der Waals surface area contributed by atoms with Crippen molar-refractivity contribution in [1.82, 2.24) is 24.2 Å². The molecule has 3 rings (SSSR count). The van der Waals surface area contributed by atoms with Crippen molar-refractivity contribution in [2.75, 3.05) is 26.7 Å². The van der Waals surface area contributed by atoms with Gasteiger partial charge in [0, 0.05) is 39.0 Å². The molecule has 35 heavy (non-hydrogen) atoms. The monoisotopic (exact) mass is 504 g/mol. The van der Waals surface area contributed by atoms with Gasteiger partial charge in [-0.25, -0.2) is 13.1 Å². The Hall–Kier alpha value is -2.85. The molecule has 190 valence electrons. The highest BCUT2D eigenvalue weighted by atomic mass is 32.2. The lowest BCUT2D eigenvalue weighted by molar-refractivity contribution is -0.136. The van der Waals surface area contributed by atoms with E-state index in [9.17, 15) is 18.3 Å². The molecule has 3 atom stereocenters. The van der Waals surface area contributed by atoms with E-state index in [0.29, 0.717) is 25.9 Å². The van der Waals surface area contributed by atoms with Gasteiger partial charge in [-0.05, 0) is 31.5 Å². The van der Waals surface area contributed by atoms with Crippen LogP contribution >= 0.6 is 0 Å². The largest absolute Gasteiger partial charge is 0.394 e. The van der Waals surface area contributed by atoms with Crippen LogP contribution in [0.4, 0.5) is 0 Å². The molecular weight excluding hydrogens is 472 g/mol. The average Bonchev–Trinajstić information content (AvgIpc) is 3.30. The maximum Gasteiger partial charge on any atom is 0.242 e. The number of carbonyl (C=O) groups excluding carboxylic acids is 1. The van der Waals surface area contributed by atoms with Gasteiger partial charge in [-0.3, -0.25) is 4.79 Å². The predicted molar refractivity (Wildman–Crippen MR) is 126 cm³/mol. The Morgan fingerprint density at radius 1 is 1.40 bits per heavy atom. The first-order chi connectivity index (χ1) is 16.7. The number of ether oxygens (including phenoxy) is 1. The van der Waals surface area contributed by atoms with Gasteiger partial charge in [0.25, 0.3) is 0 Å². The second kappa shape index (κ2) is 11.7. The maximum absolute atomic E-state index is 13.2. The molecule has 1 aliphatic heterocycles. The number of likely N-dealkylation sites (N-methyl/N-ethyl adjacent to an activating group) is 1. The van der Waals surface area contributed by atoms with Crippen LogP contribution in [-0.2, 0) is 32.7 Å². The van der Waals surface area contributed by atoms with Gasteiger partial charge in [-0.2, -0.15) is 9.57 Å². The third-order valence-corrected chi connectivity index (χ3v) is 8.07. The SMILES string of the molecule is C[C@@H]1CN([C@@H](C)CO)C(=O)CCCn2nncc2CO[C@@H]1CN(C)S(=O)(=O)c1cccc(C#N)c1. The van der Waals surface area contributed by atoms with Crippen molar-refractivity contribution in [2.45, 2.75) is 56.9 Å². The van der Waals surface area contributed by atoms with Gasteiger partial charge in [0.2, 0.25) is 15.9 Å². The topological polar surface area (TPSA) is 142 Å². The number of sulfonamides is 1. The van der Waals surface area contributed by atoms with E-state index >= 15 is 0 Å². The summed E-state index contributed by atoms with van der Waals surface area (Å²) in [4.78, 5) is 14.6. The molecule has 0 unspecified atom stereocenters. The van der Waals surface area contributed by atoms with Crippen LogP contribution in [0.3, 0.4) is 0 Å². The predicted octanol–water partition coefficient (Wildman–Crippen LogP) is 0.995. The third kappa shape index (κ3) is 6.43. The Morgan fingerprint density at radius 3 is 2.89 bits per heavy atom. The molecule has 1 aliphatic rings. The summed E-state index contributed by atoms with van der Waals surface area (Å²) in [6, 6.07) is 7.44. The Labute approximate surface area is 205 Å². The zero-order chi connectivity index (χ0) is 25.6. The Kier molecular flexibility index (Phi) is 8.96. The van der Waals surface area contributed by atoms with Crippen molar-refractivity contribution in [2.24, 2.45) is 5.92 Å². The lowest BCUT2D eigenvalue weighted by Gasteiger charge is -2.35. The van der Waals surface area contributed by atoms with Crippen molar-refractivity contribution < 1.29 is 23.1 Å². The molecule has 0 saturated carbocycles. The summed E-state index contributed by atoms with van der Waals surface area (Å²) < 4.78 is 35.5. The van der Waals surface area contributed by atoms with E-state index in [1.54, 1.807) is 28.8 Å². The van der Waals surface area contributed by atoms with Gasteiger partial charge in [-0.15, -0.1) is 5.10 Å². The number of carbonyl (C=O) groups is 1. The van der Waals surface area contributed by atoms with Crippen LogP contribution in [0.2, 0.25) is 0 Å². The van der Waals surface area contributed by atoms with Crippen LogP contribution in [0.5, 0.6) is 0 Å². The van der Waals surface area contributed by atoms with Crippen LogP contribution < -0.4 is 0 Å². The van der Waals surface area contributed by atoms with E-state index in [1.807, 2.05) is 13.0 Å². The molecule has 0 radical (unpaired) electrons. The molecule has 11 nitrogen and oxygen atoms in total. The minimum absolute atomic E-state index is 0.0211. The number of hydrogen-bond acceptors (Lipinski definition) is 8. The van der Waals surface area contributed by atoms with Crippen molar-refractivity contribution in [3.05, 3.63) is 41.7 Å². The highest BCUT2D eigenvalue weighted by Crippen LogP contribution is 2.21. The summed E-state index contributed by atoms with van der Waals surface area (Å²) >= 11 is 0. The van der Waals surface area contributed by atoms with Crippen LogP contribution in [0.15, 0.2) is 35.4 Å². The van der Waals surface area contributed by atoms with Crippen molar-refractivity contribution in [1.29, 1.82) is 5.26 Å². The number of rotatable bonds is 6. The number of fused-ring (bicyclic) bond motifs is 1. The second-order valence-corrected chi connectivity index (χ2v) is 10.9. The summed E-state index contributed by atoms with van der Waals surface area (Å²) in [5, 5.41) is 26.9. The van der Waals surface area contributed by atoms with Gasteiger partial charge in [0.15, 0.2) is 0 Å². The minimum atomic E-state index is -3.89. The maximum atomic E-state index is 13.2. The summed E-state index contributed by atoms with van der Waals surface area (Å²) in [5.41, 5.74) is 0.992. The number of aliphatic hydroxyl groups is 1. The van der Waals surface area contributed by atoms with Gasteiger partial charge in [0.1, 0.15) is 0 Å². The van der Waals surface area contributed by atoms with Crippen LogP contribution in [-0.4, -0.2) is 82.5 Å². The van der Waals surface area contributed by atoms with Gasteiger partial charge in [0.05, 0.1) is 53.8 Å². The Bertz CT molecular complexity index is 1160. The molecule has 0 aliphatic carbocycles. The van der Waals surface area contributed by atoms with Crippen LogP contribution in [0.25, 0.3) is 0 Å². The number of aryl methyl sites for hydroxylation is 1. The lowest BCUT2D eigenvalue weighted by atomic mass is 10.0. The van der Waals surface area contributed by atoms with E-state index in [0.717, 1.165) is 5.69 Å². The van der Waals surface area contributed by atoms with Crippen LogP contribution in [0, 0.1) is 17.2 Å². The normalized spacial score (nSPS) is 21.0. The molecule has 12 heteroatoms. The average molecular weight is 505 g/mol. The quantitative estimate of drug-likeness (QED) is 0.614.